The summed E-state index contributed by atoms with van der Waals surface area (Å²) in [7, 11) is 0. The Hall–Kier alpha value is 0.570. The quantitative estimate of drug-likeness (QED) is 0.590. The molecule has 1 aliphatic heterocycles. The van der Waals surface area contributed by atoms with Crippen LogP contribution >= 0.6 is 22.6 Å². The van der Waals surface area contributed by atoms with E-state index in [1.54, 1.807) is 13.8 Å². The van der Waals surface area contributed by atoms with E-state index >= 15 is 0 Å². The van der Waals surface area contributed by atoms with E-state index in [0.29, 0.717) is 6.42 Å². The van der Waals surface area contributed by atoms with Crippen molar-refractivity contribution in [3.05, 3.63) is 0 Å². The van der Waals surface area contributed by atoms with Crippen LogP contribution in [-0.4, -0.2) is 48.6 Å². The maximum Gasteiger partial charge on any atom is 0.0967 e. The van der Waals surface area contributed by atoms with Crippen LogP contribution in [-0.2, 0) is 4.84 Å². The fraction of sp³-hybridized carbons (Fsp3) is 1.00. The first-order valence-corrected chi connectivity index (χ1v) is 7.60. The molecule has 4 nitrogen and oxygen atoms in total. The van der Waals surface area contributed by atoms with E-state index in [-0.39, 0.29) is 27.7 Å². The van der Waals surface area contributed by atoms with Crippen LogP contribution < -0.4 is 0 Å². The van der Waals surface area contributed by atoms with Crippen LogP contribution in [0.2, 0.25) is 0 Å². The Morgan fingerprint density at radius 3 is 2.28 bits per heavy atom. The molecule has 0 aromatic rings. The van der Waals surface area contributed by atoms with Gasteiger partial charge in [-0.15, -0.1) is 0 Å². The van der Waals surface area contributed by atoms with Crippen molar-refractivity contribution in [1.29, 1.82) is 0 Å². The summed E-state index contributed by atoms with van der Waals surface area (Å²) in [5, 5.41) is 21.9. The van der Waals surface area contributed by atoms with Gasteiger partial charge in [0.25, 0.3) is 0 Å². The first-order valence-electron chi connectivity index (χ1n) is 6.36. The zero-order valence-electron chi connectivity index (χ0n) is 12.2. The summed E-state index contributed by atoms with van der Waals surface area (Å²) in [6.45, 7) is 12.0. The number of rotatable bonds is 3. The van der Waals surface area contributed by atoms with Crippen LogP contribution in [0.3, 0.4) is 0 Å². The molecule has 2 unspecified atom stereocenters. The lowest BCUT2D eigenvalue weighted by Crippen LogP contribution is -2.67. The molecular weight excluding hydrogens is 345 g/mol. The fourth-order valence-corrected chi connectivity index (χ4v) is 3.13. The zero-order chi connectivity index (χ0) is 14.4. The Bertz CT molecular complexity index is 299. The van der Waals surface area contributed by atoms with Crippen LogP contribution in [0.4, 0.5) is 0 Å². The molecule has 18 heavy (non-hydrogen) atoms. The van der Waals surface area contributed by atoms with E-state index in [2.05, 4.69) is 50.3 Å². The number of piperidine rings is 1. The second-order valence-corrected chi connectivity index (χ2v) is 8.36. The van der Waals surface area contributed by atoms with Crippen LogP contribution in [0.15, 0.2) is 0 Å². The van der Waals surface area contributed by atoms with Crippen molar-refractivity contribution < 1.29 is 15.1 Å². The topological polar surface area (TPSA) is 52.9 Å². The minimum atomic E-state index is -0.858. The molecule has 0 spiro atoms. The maximum atomic E-state index is 10.2. The van der Waals surface area contributed by atoms with E-state index < -0.39 is 5.60 Å². The number of hydrogen-bond donors (Lipinski definition) is 2. The van der Waals surface area contributed by atoms with Crippen LogP contribution in [0.5, 0.6) is 0 Å². The predicted molar refractivity (Wildman–Crippen MR) is 80.7 cm³/mol. The molecular formula is C13H26INO3. The molecule has 1 heterocycles. The second kappa shape index (κ2) is 5.16. The summed E-state index contributed by atoms with van der Waals surface area (Å²) in [6.07, 6.45) is 0.327. The van der Waals surface area contributed by atoms with Gasteiger partial charge in [0.15, 0.2) is 0 Å². The molecule has 2 atom stereocenters. The molecule has 1 rings (SSSR count). The third-order valence-electron chi connectivity index (χ3n) is 3.34. The highest BCUT2D eigenvalue weighted by Crippen LogP contribution is 2.42. The lowest BCUT2D eigenvalue weighted by Gasteiger charge is -2.55. The van der Waals surface area contributed by atoms with Gasteiger partial charge in [0.2, 0.25) is 0 Å². The highest BCUT2D eigenvalue weighted by molar-refractivity contribution is 14.1. The van der Waals surface area contributed by atoms with Gasteiger partial charge >= 0.3 is 0 Å². The van der Waals surface area contributed by atoms with Gasteiger partial charge in [-0.2, -0.15) is 5.06 Å². The molecule has 0 aromatic heterocycles. The monoisotopic (exact) mass is 371 g/mol. The van der Waals surface area contributed by atoms with Gasteiger partial charge in [-0.05, 0) is 48.0 Å². The minimum absolute atomic E-state index is 0.0879. The number of hydrogen-bond acceptors (Lipinski definition) is 4. The average molecular weight is 371 g/mol. The molecule has 1 aliphatic rings. The van der Waals surface area contributed by atoms with E-state index in [1.165, 1.54) is 0 Å². The van der Waals surface area contributed by atoms with Crippen LogP contribution in [0.25, 0.3) is 0 Å². The number of aliphatic hydroxyl groups is 2. The first-order chi connectivity index (χ1) is 7.88. The predicted octanol–water partition coefficient (Wildman–Crippen LogP) is 2.12. The molecule has 0 radical (unpaired) electrons. The number of nitrogens with zero attached hydrogens (tertiary/aromatic N) is 1. The van der Waals surface area contributed by atoms with Gasteiger partial charge in [-0.1, -0.05) is 22.6 Å². The van der Waals surface area contributed by atoms with Crippen molar-refractivity contribution in [3.8, 4) is 0 Å². The standard InChI is InChI=1S/C13H26INO3/c1-11(2)7-9(16)10(14)13(5,6)15(11)18-8-12(3,4)17/h9-10,16-17H,7-8H2,1-6H3. The Morgan fingerprint density at radius 2 is 1.83 bits per heavy atom. The summed E-state index contributed by atoms with van der Waals surface area (Å²) in [6, 6.07) is 0. The molecule has 0 saturated carbocycles. The van der Waals surface area contributed by atoms with Crippen molar-refractivity contribution in [2.45, 2.75) is 74.7 Å². The Morgan fingerprint density at radius 1 is 1.33 bits per heavy atom. The Balaban J connectivity index is 2.90. The van der Waals surface area contributed by atoms with Crippen molar-refractivity contribution in [3.63, 3.8) is 0 Å². The smallest absolute Gasteiger partial charge is 0.0967 e. The highest BCUT2D eigenvalue weighted by atomic mass is 127. The normalized spacial score (nSPS) is 32.5. The number of hydroxylamine groups is 2. The highest BCUT2D eigenvalue weighted by Gasteiger charge is 2.51. The summed E-state index contributed by atoms with van der Waals surface area (Å²) in [4.78, 5) is 5.86. The maximum absolute atomic E-state index is 10.2. The third-order valence-corrected chi connectivity index (χ3v) is 5.70. The van der Waals surface area contributed by atoms with Gasteiger partial charge < -0.3 is 10.2 Å². The SMILES string of the molecule is CC(C)(O)CON1C(C)(C)CC(O)C(I)C1(C)C. The molecule has 1 fully saturated rings. The van der Waals surface area contributed by atoms with Crippen molar-refractivity contribution in [2.75, 3.05) is 6.61 Å². The fourth-order valence-electron chi connectivity index (χ4n) is 2.62. The first kappa shape index (κ1) is 16.6. The van der Waals surface area contributed by atoms with Gasteiger partial charge in [0, 0.05) is 5.54 Å². The Labute approximate surface area is 124 Å². The summed E-state index contributed by atoms with van der Waals surface area (Å²) < 4.78 is 0.0879. The van der Waals surface area contributed by atoms with Crippen LogP contribution in [0, 0.1) is 0 Å². The van der Waals surface area contributed by atoms with E-state index in [0.717, 1.165) is 0 Å². The third kappa shape index (κ3) is 3.56. The summed E-state index contributed by atoms with van der Waals surface area (Å²) >= 11 is 2.28. The van der Waals surface area contributed by atoms with Crippen molar-refractivity contribution >= 4 is 22.6 Å². The number of alkyl halides is 1. The molecule has 108 valence electrons. The molecule has 1 saturated heterocycles. The van der Waals surface area contributed by atoms with Crippen molar-refractivity contribution in [1.82, 2.24) is 5.06 Å². The number of aliphatic hydroxyl groups excluding tert-OH is 1. The van der Waals surface area contributed by atoms with Crippen molar-refractivity contribution in [2.24, 2.45) is 0 Å². The number of halogens is 1. The minimum Gasteiger partial charge on any atom is -0.392 e. The molecule has 2 N–H and O–H groups in total. The molecule has 0 aromatic carbocycles. The average Bonchev–Trinajstić information content (AvgIpc) is 2.11. The molecule has 5 heteroatoms. The second-order valence-electron chi connectivity index (χ2n) is 7.02. The Kier molecular flexibility index (Phi) is 4.77. The lowest BCUT2D eigenvalue weighted by molar-refractivity contribution is -0.302. The molecule has 0 amide bonds. The summed E-state index contributed by atoms with van der Waals surface area (Å²) in [5.74, 6) is 0. The van der Waals surface area contributed by atoms with E-state index in [1.807, 2.05) is 5.06 Å². The molecule has 0 bridgehead atoms. The van der Waals surface area contributed by atoms with Gasteiger partial charge in [-0.3, -0.25) is 4.84 Å². The van der Waals surface area contributed by atoms with Crippen LogP contribution in [0.1, 0.15) is 48.0 Å². The van der Waals surface area contributed by atoms with Gasteiger partial charge in [0.05, 0.1) is 27.8 Å². The van der Waals surface area contributed by atoms with E-state index in [9.17, 15) is 10.2 Å². The lowest BCUT2D eigenvalue weighted by atomic mass is 9.80. The zero-order valence-corrected chi connectivity index (χ0v) is 14.4. The van der Waals surface area contributed by atoms with Gasteiger partial charge in [0.1, 0.15) is 0 Å². The molecule has 0 aliphatic carbocycles. The van der Waals surface area contributed by atoms with Gasteiger partial charge in [-0.25, -0.2) is 0 Å². The summed E-state index contributed by atoms with van der Waals surface area (Å²) in [5.41, 5.74) is -1.40. The van der Waals surface area contributed by atoms with E-state index in [4.69, 9.17) is 4.84 Å². The largest absolute Gasteiger partial charge is 0.392 e.